The number of carbonyl (C=O) groups excluding carboxylic acids is 2. The lowest BCUT2D eigenvalue weighted by Crippen LogP contribution is -2.26. The Balaban J connectivity index is 1.46. The van der Waals surface area contributed by atoms with E-state index in [1.807, 2.05) is 62.4 Å². The molecule has 1 aliphatic carbocycles. The molecule has 2 amide bonds. The highest BCUT2D eigenvalue weighted by atomic mass is 16.4. The monoisotopic (exact) mass is 429 g/mol. The highest BCUT2D eigenvalue weighted by molar-refractivity contribution is 6.07. The molecule has 0 atom stereocenters. The van der Waals surface area contributed by atoms with E-state index >= 15 is 0 Å². The molecule has 6 heteroatoms. The zero-order valence-electron chi connectivity index (χ0n) is 18.4. The van der Waals surface area contributed by atoms with Gasteiger partial charge in [-0.25, -0.2) is 5.43 Å². The number of amides is 2. The van der Waals surface area contributed by atoms with Crippen molar-refractivity contribution in [1.29, 1.82) is 0 Å². The topological polar surface area (TPSA) is 83.7 Å². The number of nitrogens with one attached hydrogen (secondary N) is 2. The Hall–Kier alpha value is -3.67. The summed E-state index contributed by atoms with van der Waals surface area (Å²) >= 11 is 0. The van der Waals surface area contributed by atoms with Crippen molar-refractivity contribution < 1.29 is 14.0 Å². The van der Waals surface area contributed by atoms with Gasteiger partial charge in [-0.15, -0.1) is 0 Å². The van der Waals surface area contributed by atoms with Crippen LogP contribution in [0, 0.1) is 13.8 Å². The quantitative estimate of drug-likeness (QED) is 0.572. The zero-order chi connectivity index (χ0) is 22.5. The fourth-order valence-electron chi connectivity index (χ4n) is 4.01. The number of fused-ring (bicyclic) bond motifs is 1. The van der Waals surface area contributed by atoms with Crippen LogP contribution < -0.4 is 10.7 Å². The summed E-state index contributed by atoms with van der Waals surface area (Å²) in [6, 6.07) is 17.4. The van der Waals surface area contributed by atoms with Gasteiger partial charge in [0.2, 0.25) is 0 Å². The molecule has 0 aliphatic heterocycles. The Bertz CT molecular complexity index is 1160. The van der Waals surface area contributed by atoms with Gasteiger partial charge in [0.1, 0.15) is 5.76 Å². The minimum Gasteiger partial charge on any atom is -0.455 e. The van der Waals surface area contributed by atoms with Gasteiger partial charge in [-0.3, -0.25) is 9.59 Å². The van der Waals surface area contributed by atoms with Crippen LogP contribution in [0.15, 0.2) is 64.1 Å². The first-order valence-electron chi connectivity index (χ1n) is 10.9. The summed E-state index contributed by atoms with van der Waals surface area (Å²) in [5, 5.41) is 7.34. The van der Waals surface area contributed by atoms with E-state index in [4.69, 9.17) is 4.42 Å². The van der Waals surface area contributed by atoms with E-state index in [2.05, 4.69) is 15.8 Å². The summed E-state index contributed by atoms with van der Waals surface area (Å²) in [7, 11) is 0. The third kappa shape index (κ3) is 4.80. The molecule has 2 aromatic carbocycles. The second kappa shape index (κ2) is 9.64. The Kier molecular flexibility index (Phi) is 6.50. The SMILES string of the molecule is Cc1cccc(C(=O)N/N=C2\CCCc3oc(C(=O)NCCc4ccccc4)c(C)c32)c1. The molecule has 0 radical (unpaired) electrons. The Morgan fingerprint density at radius 3 is 2.59 bits per heavy atom. The van der Waals surface area contributed by atoms with Crippen molar-refractivity contribution in [2.45, 2.75) is 39.5 Å². The van der Waals surface area contributed by atoms with Crippen molar-refractivity contribution in [2.24, 2.45) is 5.10 Å². The van der Waals surface area contributed by atoms with Gasteiger partial charge in [-0.05, 0) is 50.8 Å². The molecule has 6 nitrogen and oxygen atoms in total. The molecule has 0 spiro atoms. The van der Waals surface area contributed by atoms with Gasteiger partial charge in [-0.2, -0.15) is 5.10 Å². The minimum absolute atomic E-state index is 0.226. The first kappa shape index (κ1) is 21.6. The van der Waals surface area contributed by atoms with E-state index < -0.39 is 0 Å². The number of aryl methyl sites for hydroxylation is 2. The van der Waals surface area contributed by atoms with Gasteiger partial charge in [-0.1, -0.05) is 48.0 Å². The molecule has 3 aromatic rings. The molecule has 1 heterocycles. The summed E-state index contributed by atoms with van der Waals surface area (Å²) < 4.78 is 5.93. The van der Waals surface area contributed by atoms with Crippen LogP contribution in [0.4, 0.5) is 0 Å². The van der Waals surface area contributed by atoms with Crippen molar-refractivity contribution in [3.63, 3.8) is 0 Å². The Morgan fingerprint density at radius 2 is 1.81 bits per heavy atom. The molecule has 1 aromatic heterocycles. The predicted octanol–water partition coefficient (Wildman–Crippen LogP) is 4.34. The van der Waals surface area contributed by atoms with Crippen LogP contribution in [0.3, 0.4) is 0 Å². The van der Waals surface area contributed by atoms with E-state index in [9.17, 15) is 9.59 Å². The predicted molar refractivity (Wildman–Crippen MR) is 124 cm³/mol. The number of rotatable bonds is 6. The van der Waals surface area contributed by atoms with Gasteiger partial charge < -0.3 is 9.73 Å². The molecule has 0 bridgehead atoms. The molecule has 1 aliphatic rings. The molecule has 2 N–H and O–H groups in total. The highest BCUT2D eigenvalue weighted by Gasteiger charge is 2.28. The molecule has 4 rings (SSSR count). The zero-order valence-corrected chi connectivity index (χ0v) is 18.4. The van der Waals surface area contributed by atoms with E-state index in [1.165, 1.54) is 5.56 Å². The lowest BCUT2D eigenvalue weighted by atomic mass is 9.93. The molecule has 32 heavy (non-hydrogen) atoms. The Labute approximate surface area is 187 Å². The van der Waals surface area contributed by atoms with Crippen LogP contribution in [0.1, 0.15) is 61.8 Å². The fourth-order valence-corrected chi connectivity index (χ4v) is 4.01. The fraction of sp³-hybridized carbons (Fsp3) is 0.269. The van der Waals surface area contributed by atoms with E-state index in [1.54, 1.807) is 6.07 Å². The maximum atomic E-state index is 12.7. The highest BCUT2D eigenvalue weighted by Crippen LogP contribution is 2.29. The first-order chi connectivity index (χ1) is 15.5. The van der Waals surface area contributed by atoms with Gasteiger partial charge in [0.15, 0.2) is 5.76 Å². The van der Waals surface area contributed by atoms with Crippen LogP contribution >= 0.6 is 0 Å². The van der Waals surface area contributed by atoms with Crippen LogP contribution in [0.2, 0.25) is 0 Å². The summed E-state index contributed by atoms with van der Waals surface area (Å²) in [6.45, 7) is 4.34. The number of hydrogen-bond donors (Lipinski definition) is 2. The van der Waals surface area contributed by atoms with E-state index in [-0.39, 0.29) is 11.8 Å². The second-order valence-corrected chi connectivity index (χ2v) is 8.07. The van der Waals surface area contributed by atoms with Crippen molar-refractivity contribution in [3.8, 4) is 0 Å². The van der Waals surface area contributed by atoms with Crippen LogP contribution in [-0.2, 0) is 12.8 Å². The standard InChI is InChI=1S/C26H27N3O3/c1-17-8-6-11-20(16-17)25(30)29-28-21-12-7-13-22-23(21)18(2)24(32-22)26(31)27-15-14-19-9-4-3-5-10-19/h3-6,8-11,16H,7,12-15H2,1-2H3,(H,27,31)(H,29,30)/b28-21+. The second-order valence-electron chi connectivity index (χ2n) is 8.07. The maximum Gasteiger partial charge on any atom is 0.287 e. The smallest absolute Gasteiger partial charge is 0.287 e. The summed E-state index contributed by atoms with van der Waals surface area (Å²) in [4.78, 5) is 25.2. The summed E-state index contributed by atoms with van der Waals surface area (Å²) in [5.74, 6) is 0.595. The van der Waals surface area contributed by atoms with Gasteiger partial charge >= 0.3 is 0 Å². The lowest BCUT2D eigenvalue weighted by molar-refractivity contribution is 0.0922. The number of benzene rings is 2. The van der Waals surface area contributed by atoms with Crippen molar-refractivity contribution in [3.05, 3.63) is 93.9 Å². The molecule has 164 valence electrons. The van der Waals surface area contributed by atoms with Crippen molar-refractivity contribution >= 4 is 17.5 Å². The average Bonchev–Trinajstić information content (AvgIpc) is 3.15. The van der Waals surface area contributed by atoms with Crippen LogP contribution in [0.25, 0.3) is 0 Å². The minimum atomic E-state index is -0.256. The van der Waals surface area contributed by atoms with Gasteiger partial charge in [0.05, 0.1) is 5.71 Å². The lowest BCUT2D eigenvalue weighted by Gasteiger charge is -2.13. The van der Waals surface area contributed by atoms with Crippen LogP contribution in [0.5, 0.6) is 0 Å². The molecule has 0 saturated carbocycles. The normalized spacial score (nSPS) is 14.1. The number of carbonyl (C=O) groups is 2. The molecule has 0 saturated heterocycles. The third-order valence-electron chi connectivity index (χ3n) is 5.65. The molecular formula is C26H27N3O3. The molecule has 0 unspecified atom stereocenters. The van der Waals surface area contributed by atoms with E-state index in [0.717, 1.165) is 53.8 Å². The number of furan rings is 1. The summed E-state index contributed by atoms with van der Waals surface area (Å²) in [6.07, 6.45) is 3.08. The van der Waals surface area contributed by atoms with Gasteiger partial charge in [0.25, 0.3) is 11.8 Å². The first-order valence-corrected chi connectivity index (χ1v) is 10.9. The van der Waals surface area contributed by atoms with Gasteiger partial charge in [0, 0.05) is 29.7 Å². The number of hydrogen-bond acceptors (Lipinski definition) is 4. The largest absolute Gasteiger partial charge is 0.455 e. The Morgan fingerprint density at radius 1 is 1.00 bits per heavy atom. The molecular weight excluding hydrogens is 402 g/mol. The maximum absolute atomic E-state index is 12.7. The number of hydrazone groups is 1. The average molecular weight is 430 g/mol. The van der Waals surface area contributed by atoms with Crippen LogP contribution in [-0.4, -0.2) is 24.1 Å². The van der Waals surface area contributed by atoms with E-state index in [0.29, 0.717) is 17.9 Å². The number of nitrogens with zero attached hydrogens (tertiary/aromatic N) is 1. The molecule has 0 fully saturated rings. The van der Waals surface area contributed by atoms with Crippen molar-refractivity contribution in [2.75, 3.05) is 6.54 Å². The summed E-state index contributed by atoms with van der Waals surface area (Å²) in [5.41, 5.74) is 7.76. The van der Waals surface area contributed by atoms with Crippen molar-refractivity contribution in [1.82, 2.24) is 10.7 Å². The third-order valence-corrected chi connectivity index (χ3v) is 5.65.